The van der Waals surface area contributed by atoms with Gasteiger partial charge in [-0.15, -0.1) is 23.1 Å². The van der Waals surface area contributed by atoms with Crippen LogP contribution in [0.1, 0.15) is 10.4 Å². The molecule has 2 aliphatic rings. The van der Waals surface area contributed by atoms with Gasteiger partial charge in [0.25, 0.3) is 5.91 Å². The summed E-state index contributed by atoms with van der Waals surface area (Å²) >= 11 is 3.26. The van der Waals surface area contributed by atoms with Crippen molar-refractivity contribution >= 4 is 46.3 Å². The zero-order valence-corrected chi connectivity index (χ0v) is 14.7. The van der Waals surface area contributed by atoms with Gasteiger partial charge in [-0.2, -0.15) is 0 Å². The van der Waals surface area contributed by atoms with Gasteiger partial charge in [0.2, 0.25) is 12.0 Å². The first kappa shape index (κ1) is 15.4. The predicted octanol–water partition coefficient (Wildman–Crippen LogP) is 3.07. The summed E-state index contributed by atoms with van der Waals surface area (Å²) in [6.07, 6.45) is 1.13. The Labute approximate surface area is 147 Å². The number of fused-ring (bicyclic) bond motifs is 1. The number of carbonyl (C=O) groups excluding carboxylic acids is 2. The number of para-hydroxylation sites is 1. The van der Waals surface area contributed by atoms with Gasteiger partial charge in [0.1, 0.15) is 11.6 Å². The Balaban J connectivity index is 1.73. The van der Waals surface area contributed by atoms with Crippen LogP contribution in [0.2, 0.25) is 0 Å². The molecule has 1 aromatic carbocycles. The lowest BCUT2D eigenvalue weighted by Crippen LogP contribution is -2.33. The van der Waals surface area contributed by atoms with Gasteiger partial charge in [0.05, 0.1) is 9.90 Å². The van der Waals surface area contributed by atoms with Crippen LogP contribution in [-0.4, -0.2) is 29.9 Å². The van der Waals surface area contributed by atoms with E-state index >= 15 is 0 Å². The topological polar surface area (TPSA) is 59.0 Å². The third kappa shape index (κ3) is 2.19. The fourth-order valence-corrected chi connectivity index (χ4v) is 4.91. The molecule has 2 aliphatic heterocycles. The molecule has 0 saturated carbocycles. The number of hydrogen-bond acceptors (Lipinski definition) is 6. The molecule has 0 aliphatic carbocycles. The van der Waals surface area contributed by atoms with Crippen molar-refractivity contribution in [2.45, 2.75) is 17.2 Å². The number of anilines is 1. The van der Waals surface area contributed by atoms with Crippen molar-refractivity contribution in [3.05, 3.63) is 46.8 Å². The molecule has 2 atom stereocenters. The SMILES string of the molecule is CSc1sc(C)cc1C1=NO[C@@H]2C(=O)N(c3ccccc3)C(=O)[C@@H]12. The molecule has 4 rings (SSSR count). The molecule has 24 heavy (non-hydrogen) atoms. The molecule has 3 heterocycles. The van der Waals surface area contributed by atoms with Crippen LogP contribution in [0, 0.1) is 12.8 Å². The Bertz CT molecular complexity index is 860. The molecule has 0 N–H and O–H groups in total. The number of benzene rings is 1. The van der Waals surface area contributed by atoms with Crippen LogP contribution >= 0.6 is 23.1 Å². The van der Waals surface area contributed by atoms with Crippen molar-refractivity contribution < 1.29 is 14.4 Å². The summed E-state index contributed by atoms with van der Waals surface area (Å²) in [5.74, 6) is -1.30. The highest BCUT2D eigenvalue weighted by Crippen LogP contribution is 2.39. The average Bonchev–Trinajstić information content (AvgIpc) is 3.24. The standard InChI is InChI=1S/C17H14N2O3S2/c1-9-8-11(17(23-2)24-9)13-12-14(22-18-13)16(21)19(15(12)20)10-6-4-3-5-7-10/h3-8,12,14H,1-2H3/t12-,14-/m0/s1. The van der Waals surface area contributed by atoms with Crippen LogP contribution in [0.25, 0.3) is 0 Å². The molecule has 0 bridgehead atoms. The van der Waals surface area contributed by atoms with Crippen LogP contribution in [0.5, 0.6) is 0 Å². The third-order valence-corrected chi connectivity index (χ3v) is 6.29. The minimum absolute atomic E-state index is 0.275. The molecule has 5 nitrogen and oxygen atoms in total. The summed E-state index contributed by atoms with van der Waals surface area (Å²) in [5, 5.41) is 4.08. The van der Waals surface area contributed by atoms with Crippen LogP contribution in [0.3, 0.4) is 0 Å². The first-order valence-corrected chi connectivity index (χ1v) is 9.47. The lowest BCUT2D eigenvalue weighted by Gasteiger charge is -2.15. The fourth-order valence-electron chi connectivity index (χ4n) is 3.05. The van der Waals surface area contributed by atoms with Gasteiger partial charge in [0.15, 0.2) is 0 Å². The van der Waals surface area contributed by atoms with Crippen molar-refractivity contribution in [3.8, 4) is 0 Å². The van der Waals surface area contributed by atoms with Gasteiger partial charge >= 0.3 is 0 Å². The van der Waals surface area contributed by atoms with E-state index in [0.717, 1.165) is 14.6 Å². The Kier molecular flexibility index (Phi) is 3.69. The van der Waals surface area contributed by atoms with E-state index < -0.39 is 12.0 Å². The van der Waals surface area contributed by atoms with E-state index in [1.165, 1.54) is 4.90 Å². The van der Waals surface area contributed by atoms with E-state index in [9.17, 15) is 9.59 Å². The van der Waals surface area contributed by atoms with E-state index in [2.05, 4.69) is 5.16 Å². The summed E-state index contributed by atoms with van der Waals surface area (Å²) in [4.78, 5) is 33.3. The van der Waals surface area contributed by atoms with Gasteiger partial charge in [-0.3, -0.25) is 9.59 Å². The summed E-state index contributed by atoms with van der Waals surface area (Å²) < 4.78 is 1.08. The Morgan fingerprint density at radius 3 is 2.67 bits per heavy atom. The maximum absolute atomic E-state index is 12.9. The summed E-state index contributed by atoms with van der Waals surface area (Å²) in [7, 11) is 0. The van der Waals surface area contributed by atoms with E-state index in [1.54, 1.807) is 47.4 Å². The van der Waals surface area contributed by atoms with Crippen molar-refractivity contribution in [1.29, 1.82) is 0 Å². The highest BCUT2D eigenvalue weighted by Gasteiger charge is 2.56. The van der Waals surface area contributed by atoms with E-state index in [1.807, 2.05) is 25.3 Å². The Hall–Kier alpha value is -2.12. The van der Waals surface area contributed by atoms with Crippen molar-refractivity contribution in [2.75, 3.05) is 11.2 Å². The van der Waals surface area contributed by atoms with Crippen LogP contribution in [0.4, 0.5) is 5.69 Å². The maximum atomic E-state index is 12.9. The molecule has 0 spiro atoms. The first-order valence-electron chi connectivity index (χ1n) is 7.43. The Morgan fingerprint density at radius 1 is 1.21 bits per heavy atom. The number of imide groups is 1. The largest absolute Gasteiger partial charge is 0.381 e. The number of nitrogens with zero attached hydrogens (tertiary/aromatic N) is 2. The molecule has 1 fully saturated rings. The van der Waals surface area contributed by atoms with Gasteiger partial charge in [-0.25, -0.2) is 4.90 Å². The quantitative estimate of drug-likeness (QED) is 0.625. The highest BCUT2D eigenvalue weighted by molar-refractivity contribution is 8.00. The predicted molar refractivity (Wildman–Crippen MR) is 94.7 cm³/mol. The van der Waals surface area contributed by atoms with Crippen molar-refractivity contribution in [2.24, 2.45) is 11.1 Å². The zero-order valence-electron chi connectivity index (χ0n) is 13.1. The van der Waals surface area contributed by atoms with E-state index in [4.69, 9.17) is 4.84 Å². The maximum Gasteiger partial charge on any atom is 0.278 e. The third-order valence-electron chi connectivity index (χ3n) is 4.11. The average molecular weight is 358 g/mol. The molecular formula is C17H14N2O3S2. The lowest BCUT2D eigenvalue weighted by molar-refractivity contribution is -0.126. The molecule has 0 radical (unpaired) electrons. The molecule has 2 amide bonds. The molecule has 7 heteroatoms. The smallest absolute Gasteiger partial charge is 0.278 e. The van der Waals surface area contributed by atoms with Crippen molar-refractivity contribution in [1.82, 2.24) is 0 Å². The number of amides is 2. The van der Waals surface area contributed by atoms with E-state index in [0.29, 0.717) is 11.4 Å². The number of oxime groups is 1. The minimum atomic E-state index is -0.859. The normalized spacial score (nSPS) is 22.6. The molecule has 0 unspecified atom stereocenters. The molecule has 1 aromatic heterocycles. The zero-order chi connectivity index (χ0) is 16.8. The number of thiophene rings is 1. The summed E-state index contributed by atoms with van der Waals surface area (Å²) in [5.41, 5.74) is 2.02. The van der Waals surface area contributed by atoms with E-state index in [-0.39, 0.29) is 11.8 Å². The fraction of sp³-hybridized carbons (Fsp3) is 0.235. The number of rotatable bonds is 3. The van der Waals surface area contributed by atoms with Gasteiger partial charge in [-0.1, -0.05) is 23.4 Å². The highest BCUT2D eigenvalue weighted by atomic mass is 32.2. The lowest BCUT2D eigenvalue weighted by atomic mass is 9.95. The summed E-state index contributed by atoms with van der Waals surface area (Å²) in [6.45, 7) is 2.01. The number of thioether (sulfide) groups is 1. The monoisotopic (exact) mass is 358 g/mol. The van der Waals surface area contributed by atoms with Crippen LogP contribution in [0.15, 0.2) is 45.8 Å². The second-order valence-electron chi connectivity index (χ2n) is 5.59. The number of aryl methyl sites for hydroxylation is 1. The minimum Gasteiger partial charge on any atom is -0.381 e. The van der Waals surface area contributed by atoms with Crippen molar-refractivity contribution in [3.63, 3.8) is 0 Å². The number of hydrogen-bond donors (Lipinski definition) is 0. The second kappa shape index (κ2) is 5.75. The van der Waals surface area contributed by atoms with Crippen LogP contribution < -0.4 is 4.90 Å². The van der Waals surface area contributed by atoms with Gasteiger partial charge in [0, 0.05) is 10.4 Å². The second-order valence-corrected chi connectivity index (χ2v) is 7.92. The molecule has 1 saturated heterocycles. The summed E-state index contributed by atoms with van der Waals surface area (Å²) in [6, 6.07) is 10.9. The van der Waals surface area contributed by atoms with Gasteiger partial charge in [-0.05, 0) is 31.4 Å². The molecule has 122 valence electrons. The Morgan fingerprint density at radius 2 is 1.96 bits per heavy atom. The number of carbonyl (C=O) groups is 2. The first-order chi connectivity index (χ1) is 11.6. The molecule has 2 aromatic rings. The van der Waals surface area contributed by atoms with Crippen LogP contribution in [-0.2, 0) is 14.4 Å². The van der Waals surface area contributed by atoms with Gasteiger partial charge < -0.3 is 4.84 Å². The molecular weight excluding hydrogens is 344 g/mol.